The molecule has 0 N–H and O–H groups in total. The summed E-state index contributed by atoms with van der Waals surface area (Å²) in [5, 5.41) is 8.61. The molecule has 2 atom stereocenters. The summed E-state index contributed by atoms with van der Waals surface area (Å²) in [4.78, 5) is 13.8. The first-order valence-corrected chi connectivity index (χ1v) is 7.13. The molecule has 1 rings (SSSR count). The number of hydrogen-bond acceptors (Lipinski definition) is 3. The van der Waals surface area contributed by atoms with Crippen molar-refractivity contribution >= 4 is 5.91 Å². The maximum atomic E-state index is 13.1. The smallest absolute Gasteiger partial charge is 0.383 e. The van der Waals surface area contributed by atoms with Crippen LogP contribution in [0.15, 0.2) is 0 Å². The predicted octanol–water partition coefficient (Wildman–Crippen LogP) is 2.74. The first kappa shape index (κ1) is 17.8. The SMILES string of the molecule is COCCN(CCC#N)C(=O)C1CCCCC1C(F)(F)F. The van der Waals surface area contributed by atoms with Crippen LogP contribution in [0.3, 0.4) is 0 Å². The van der Waals surface area contributed by atoms with E-state index in [1.165, 1.54) is 12.0 Å². The zero-order valence-electron chi connectivity index (χ0n) is 12.2. The van der Waals surface area contributed by atoms with Crippen molar-refractivity contribution in [1.29, 1.82) is 5.26 Å². The highest BCUT2D eigenvalue weighted by Crippen LogP contribution is 2.42. The second-order valence-corrected chi connectivity index (χ2v) is 5.27. The molecule has 21 heavy (non-hydrogen) atoms. The van der Waals surface area contributed by atoms with Crippen LogP contribution in [0.4, 0.5) is 13.2 Å². The van der Waals surface area contributed by atoms with E-state index < -0.39 is 23.9 Å². The molecule has 7 heteroatoms. The number of nitriles is 1. The maximum Gasteiger partial charge on any atom is 0.392 e. The minimum Gasteiger partial charge on any atom is -0.383 e. The monoisotopic (exact) mass is 306 g/mol. The average molecular weight is 306 g/mol. The van der Waals surface area contributed by atoms with E-state index in [9.17, 15) is 18.0 Å². The van der Waals surface area contributed by atoms with Gasteiger partial charge in [0.25, 0.3) is 0 Å². The van der Waals surface area contributed by atoms with Crippen LogP contribution in [-0.4, -0.2) is 43.8 Å². The largest absolute Gasteiger partial charge is 0.392 e. The van der Waals surface area contributed by atoms with E-state index in [0.29, 0.717) is 12.8 Å². The molecule has 120 valence electrons. The fourth-order valence-corrected chi connectivity index (χ4v) is 2.77. The summed E-state index contributed by atoms with van der Waals surface area (Å²) < 4.78 is 44.1. The minimum atomic E-state index is -4.34. The number of amides is 1. The van der Waals surface area contributed by atoms with Crippen LogP contribution in [-0.2, 0) is 9.53 Å². The Bertz CT molecular complexity index is 379. The summed E-state index contributed by atoms with van der Waals surface area (Å²) >= 11 is 0. The highest BCUT2D eigenvalue weighted by Gasteiger charge is 2.48. The zero-order valence-corrected chi connectivity index (χ0v) is 12.2. The van der Waals surface area contributed by atoms with Gasteiger partial charge < -0.3 is 9.64 Å². The molecule has 0 bridgehead atoms. The van der Waals surface area contributed by atoms with Crippen molar-refractivity contribution in [2.75, 3.05) is 26.8 Å². The third kappa shape index (κ3) is 5.20. The second-order valence-electron chi connectivity index (χ2n) is 5.27. The zero-order chi connectivity index (χ0) is 15.9. The molecule has 1 fully saturated rings. The number of hydrogen-bond donors (Lipinski definition) is 0. The lowest BCUT2D eigenvalue weighted by molar-refractivity contribution is -0.201. The van der Waals surface area contributed by atoms with E-state index in [1.807, 2.05) is 6.07 Å². The molecular formula is C14H21F3N2O2. The van der Waals surface area contributed by atoms with Crippen LogP contribution >= 0.6 is 0 Å². The molecule has 0 saturated heterocycles. The van der Waals surface area contributed by atoms with Crippen LogP contribution in [0.25, 0.3) is 0 Å². The molecule has 0 aromatic carbocycles. The molecule has 0 aromatic heterocycles. The highest BCUT2D eigenvalue weighted by atomic mass is 19.4. The van der Waals surface area contributed by atoms with E-state index in [1.54, 1.807) is 0 Å². The number of carbonyl (C=O) groups excluding carboxylic acids is 1. The molecular weight excluding hydrogens is 285 g/mol. The van der Waals surface area contributed by atoms with Crippen molar-refractivity contribution in [3.63, 3.8) is 0 Å². The summed E-state index contributed by atoms with van der Waals surface area (Å²) in [6.07, 6.45) is -2.82. The van der Waals surface area contributed by atoms with E-state index in [2.05, 4.69) is 0 Å². The van der Waals surface area contributed by atoms with E-state index in [4.69, 9.17) is 10.00 Å². The van der Waals surface area contributed by atoms with Crippen LogP contribution in [0.5, 0.6) is 0 Å². The molecule has 4 nitrogen and oxygen atoms in total. The van der Waals surface area contributed by atoms with Crippen LogP contribution in [0.2, 0.25) is 0 Å². The maximum absolute atomic E-state index is 13.1. The Balaban J connectivity index is 2.80. The van der Waals surface area contributed by atoms with Gasteiger partial charge in [-0.1, -0.05) is 12.8 Å². The fourth-order valence-electron chi connectivity index (χ4n) is 2.77. The average Bonchev–Trinajstić information content (AvgIpc) is 2.46. The summed E-state index contributed by atoms with van der Waals surface area (Å²) in [5.74, 6) is -3.08. The summed E-state index contributed by atoms with van der Waals surface area (Å²) in [6, 6.07) is 1.92. The van der Waals surface area contributed by atoms with Gasteiger partial charge in [0.1, 0.15) is 0 Å². The minimum absolute atomic E-state index is 0.0102. The van der Waals surface area contributed by atoms with Crippen LogP contribution < -0.4 is 0 Å². The molecule has 2 unspecified atom stereocenters. The number of rotatable bonds is 6. The van der Waals surface area contributed by atoms with Gasteiger partial charge in [-0.15, -0.1) is 0 Å². The molecule has 0 heterocycles. The molecule has 0 radical (unpaired) electrons. The number of carbonyl (C=O) groups is 1. The van der Waals surface area contributed by atoms with Gasteiger partial charge in [-0.3, -0.25) is 4.79 Å². The number of nitrogens with zero attached hydrogens (tertiary/aromatic N) is 2. The van der Waals surface area contributed by atoms with Gasteiger partial charge in [0.2, 0.25) is 5.91 Å². The Labute approximate surface area is 122 Å². The second kappa shape index (κ2) is 8.23. The Morgan fingerprint density at radius 3 is 2.57 bits per heavy atom. The van der Waals surface area contributed by atoms with Crippen molar-refractivity contribution in [2.45, 2.75) is 38.3 Å². The standard InChI is InChI=1S/C14H21F3N2O2/c1-21-10-9-19(8-4-7-18)13(20)11-5-2-3-6-12(11)14(15,16)17/h11-12H,2-6,8-10H2,1H3. The Morgan fingerprint density at radius 1 is 1.33 bits per heavy atom. The number of ether oxygens (including phenoxy) is 1. The van der Waals surface area contributed by atoms with Gasteiger partial charge in [0.15, 0.2) is 0 Å². The third-order valence-electron chi connectivity index (χ3n) is 3.87. The first-order valence-electron chi connectivity index (χ1n) is 7.13. The van der Waals surface area contributed by atoms with Gasteiger partial charge in [-0.05, 0) is 12.8 Å². The van der Waals surface area contributed by atoms with E-state index in [-0.39, 0.29) is 39.0 Å². The quantitative estimate of drug-likeness (QED) is 0.758. The number of methoxy groups -OCH3 is 1. The van der Waals surface area contributed by atoms with Gasteiger partial charge in [-0.25, -0.2) is 0 Å². The lowest BCUT2D eigenvalue weighted by atomic mass is 9.78. The van der Waals surface area contributed by atoms with Crippen molar-refractivity contribution in [3.8, 4) is 6.07 Å². The molecule has 1 aliphatic carbocycles. The summed E-state index contributed by atoms with van der Waals surface area (Å²) in [6.45, 7) is 0.623. The topological polar surface area (TPSA) is 53.3 Å². The summed E-state index contributed by atoms with van der Waals surface area (Å²) in [7, 11) is 1.46. The van der Waals surface area contributed by atoms with Crippen molar-refractivity contribution in [2.24, 2.45) is 11.8 Å². The first-order chi connectivity index (χ1) is 9.91. The molecule has 1 aliphatic rings. The van der Waals surface area contributed by atoms with Gasteiger partial charge in [0.05, 0.1) is 25.0 Å². The Hall–Kier alpha value is -1.29. The molecule has 1 amide bonds. The molecule has 1 saturated carbocycles. The number of halogens is 3. The lowest BCUT2D eigenvalue weighted by Gasteiger charge is -2.35. The third-order valence-corrected chi connectivity index (χ3v) is 3.87. The Kier molecular flexibility index (Phi) is 6.96. The number of alkyl halides is 3. The van der Waals surface area contributed by atoms with Crippen molar-refractivity contribution in [1.82, 2.24) is 4.90 Å². The van der Waals surface area contributed by atoms with E-state index >= 15 is 0 Å². The van der Waals surface area contributed by atoms with Gasteiger partial charge in [-0.2, -0.15) is 18.4 Å². The fraction of sp³-hybridized carbons (Fsp3) is 0.857. The highest BCUT2D eigenvalue weighted by molar-refractivity contribution is 5.79. The van der Waals surface area contributed by atoms with E-state index in [0.717, 1.165) is 0 Å². The normalized spacial score (nSPS) is 22.6. The Morgan fingerprint density at radius 2 is 2.00 bits per heavy atom. The van der Waals surface area contributed by atoms with Crippen LogP contribution in [0.1, 0.15) is 32.1 Å². The van der Waals surface area contributed by atoms with Crippen molar-refractivity contribution < 1.29 is 22.7 Å². The van der Waals surface area contributed by atoms with Crippen molar-refractivity contribution in [3.05, 3.63) is 0 Å². The van der Waals surface area contributed by atoms with Gasteiger partial charge in [0, 0.05) is 26.1 Å². The molecule has 0 spiro atoms. The summed E-state index contributed by atoms with van der Waals surface area (Å²) in [5.41, 5.74) is 0. The lowest BCUT2D eigenvalue weighted by Crippen LogP contribution is -2.45. The molecule has 0 aliphatic heterocycles. The predicted molar refractivity (Wildman–Crippen MR) is 70.2 cm³/mol. The van der Waals surface area contributed by atoms with Gasteiger partial charge >= 0.3 is 6.18 Å². The van der Waals surface area contributed by atoms with Crippen LogP contribution in [0, 0.1) is 23.2 Å². The molecule has 0 aromatic rings.